The summed E-state index contributed by atoms with van der Waals surface area (Å²) in [5.41, 5.74) is 1.54. The van der Waals surface area contributed by atoms with Crippen LogP contribution in [0.2, 0.25) is 0 Å². The molecule has 3 aliphatic heterocycles. The Morgan fingerprint density at radius 1 is 1.00 bits per heavy atom. The van der Waals surface area contributed by atoms with Crippen LogP contribution in [0.25, 0.3) is 5.52 Å². The predicted molar refractivity (Wildman–Crippen MR) is 107 cm³/mol. The number of hydrogen-bond donors (Lipinski definition) is 0. The van der Waals surface area contributed by atoms with Gasteiger partial charge in [-0.05, 0) is 30.5 Å². The lowest BCUT2D eigenvalue weighted by Crippen LogP contribution is -2.51. The third-order valence-corrected chi connectivity index (χ3v) is 6.65. The number of ether oxygens (including phenoxy) is 1. The molecule has 148 valence electrons. The minimum atomic E-state index is -0.688. The van der Waals surface area contributed by atoms with E-state index in [-0.39, 0.29) is 18.2 Å². The average molecular weight is 389 g/mol. The Labute approximate surface area is 168 Å². The van der Waals surface area contributed by atoms with E-state index in [0.29, 0.717) is 12.8 Å². The number of anilines is 1. The van der Waals surface area contributed by atoms with Crippen molar-refractivity contribution in [3.05, 3.63) is 60.4 Å². The number of rotatable bonds is 2. The summed E-state index contributed by atoms with van der Waals surface area (Å²) in [5, 5.41) is 4.39. The molecule has 3 fully saturated rings. The summed E-state index contributed by atoms with van der Waals surface area (Å²) in [5.74, 6) is 0.995. The third-order valence-electron chi connectivity index (χ3n) is 6.65. The number of nitrogens with zero attached hydrogens (tertiary/aromatic N) is 5. The summed E-state index contributed by atoms with van der Waals surface area (Å²) in [4.78, 5) is 22.3. The summed E-state index contributed by atoms with van der Waals surface area (Å²) in [6.45, 7) is 1.46. The lowest BCUT2D eigenvalue weighted by Gasteiger charge is -2.37. The Balaban J connectivity index is 1.23. The maximum Gasteiger partial charge on any atom is 0.257 e. The van der Waals surface area contributed by atoms with E-state index >= 15 is 0 Å². The number of piperidine rings is 1. The van der Waals surface area contributed by atoms with E-state index in [2.05, 4.69) is 27.1 Å². The van der Waals surface area contributed by atoms with Gasteiger partial charge in [0.25, 0.3) is 5.91 Å². The largest absolute Gasteiger partial charge is 0.342 e. The Morgan fingerprint density at radius 3 is 2.62 bits per heavy atom. The topological polar surface area (TPSA) is 63.0 Å². The number of hydrogen-bond acceptors (Lipinski definition) is 5. The highest BCUT2D eigenvalue weighted by Gasteiger charge is 2.58. The zero-order valence-corrected chi connectivity index (χ0v) is 16.1. The number of amides is 1. The molecule has 7 heteroatoms. The third kappa shape index (κ3) is 2.50. The van der Waals surface area contributed by atoms with Crippen molar-refractivity contribution in [2.45, 2.75) is 43.6 Å². The number of fused-ring (bicyclic) bond motifs is 2. The van der Waals surface area contributed by atoms with Crippen LogP contribution in [0, 0.1) is 0 Å². The first kappa shape index (κ1) is 17.0. The Kier molecular flexibility index (Phi) is 3.68. The van der Waals surface area contributed by atoms with Gasteiger partial charge in [-0.1, -0.05) is 30.3 Å². The number of aromatic nitrogens is 3. The Hall–Kier alpha value is -2.93. The second-order valence-corrected chi connectivity index (χ2v) is 8.18. The zero-order chi connectivity index (χ0) is 19.4. The van der Waals surface area contributed by atoms with Crippen LogP contribution in [0.3, 0.4) is 0 Å². The van der Waals surface area contributed by atoms with E-state index in [1.807, 2.05) is 45.9 Å². The van der Waals surface area contributed by atoms with Crippen molar-refractivity contribution in [1.82, 2.24) is 19.5 Å². The van der Waals surface area contributed by atoms with E-state index in [4.69, 9.17) is 4.74 Å². The Morgan fingerprint density at radius 2 is 1.79 bits per heavy atom. The number of carbonyl (C=O) groups excluding carboxylic acids is 1. The minimum absolute atomic E-state index is 0.0908. The molecule has 6 rings (SSSR count). The highest BCUT2D eigenvalue weighted by molar-refractivity contribution is 5.88. The molecular weight excluding hydrogens is 366 g/mol. The fourth-order valence-electron chi connectivity index (χ4n) is 5.17. The van der Waals surface area contributed by atoms with Crippen molar-refractivity contribution < 1.29 is 9.53 Å². The highest BCUT2D eigenvalue weighted by atomic mass is 16.6. The normalized spacial score (nSPS) is 25.9. The quantitative estimate of drug-likeness (QED) is 0.674. The lowest BCUT2D eigenvalue weighted by atomic mass is 9.89. The molecule has 3 saturated heterocycles. The molecule has 1 aromatic carbocycles. The molecule has 29 heavy (non-hydrogen) atoms. The SMILES string of the molecule is O=C1N2[C@@H](CC[C@H]2c2ccccc2)OC12CCN(c1nccc3ccnn13)CC2. The van der Waals surface area contributed by atoms with Crippen LogP contribution < -0.4 is 4.90 Å². The molecule has 1 amide bonds. The molecule has 5 heterocycles. The van der Waals surface area contributed by atoms with Crippen LogP contribution in [0.5, 0.6) is 0 Å². The molecule has 7 nitrogen and oxygen atoms in total. The molecular formula is C22H23N5O2. The van der Waals surface area contributed by atoms with Crippen LogP contribution in [-0.4, -0.2) is 50.3 Å². The van der Waals surface area contributed by atoms with Crippen LogP contribution in [0.15, 0.2) is 54.9 Å². The maximum absolute atomic E-state index is 13.5. The molecule has 0 unspecified atom stereocenters. The van der Waals surface area contributed by atoms with E-state index in [9.17, 15) is 4.79 Å². The van der Waals surface area contributed by atoms with Gasteiger partial charge in [-0.3, -0.25) is 4.79 Å². The molecule has 2 atom stereocenters. The smallest absolute Gasteiger partial charge is 0.257 e. The highest BCUT2D eigenvalue weighted by Crippen LogP contribution is 2.47. The van der Waals surface area contributed by atoms with Crippen LogP contribution in [0.1, 0.15) is 37.3 Å². The van der Waals surface area contributed by atoms with Crippen molar-refractivity contribution in [3.63, 3.8) is 0 Å². The molecule has 0 radical (unpaired) electrons. The van der Waals surface area contributed by atoms with Crippen molar-refractivity contribution in [3.8, 4) is 0 Å². The van der Waals surface area contributed by atoms with Crippen LogP contribution >= 0.6 is 0 Å². The average Bonchev–Trinajstić information content (AvgIpc) is 3.46. The molecule has 2 aromatic heterocycles. The van der Waals surface area contributed by atoms with E-state index in [0.717, 1.165) is 37.4 Å². The van der Waals surface area contributed by atoms with Gasteiger partial charge >= 0.3 is 0 Å². The summed E-state index contributed by atoms with van der Waals surface area (Å²) in [6.07, 6.45) is 6.74. The number of carbonyl (C=O) groups is 1. The molecule has 0 saturated carbocycles. The van der Waals surface area contributed by atoms with Crippen molar-refractivity contribution in [1.29, 1.82) is 0 Å². The maximum atomic E-state index is 13.5. The van der Waals surface area contributed by atoms with E-state index in [1.54, 1.807) is 6.20 Å². The van der Waals surface area contributed by atoms with Gasteiger partial charge in [0.1, 0.15) is 6.23 Å². The monoisotopic (exact) mass is 389 g/mol. The predicted octanol–water partition coefficient (Wildman–Crippen LogP) is 2.79. The van der Waals surface area contributed by atoms with Gasteiger partial charge in [-0.15, -0.1) is 0 Å². The summed E-state index contributed by atoms with van der Waals surface area (Å²) >= 11 is 0. The van der Waals surface area contributed by atoms with Crippen molar-refractivity contribution in [2.24, 2.45) is 0 Å². The van der Waals surface area contributed by atoms with Gasteiger partial charge in [-0.2, -0.15) is 5.10 Å². The lowest BCUT2D eigenvalue weighted by molar-refractivity contribution is -0.140. The number of benzene rings is 1. The molecule has 3 aliphatic rings. The van der Waals surface area contributed by atoms with Crippen molar-refractivity contribution in [2.75, 3.05) is 18.0 Å². The van der Waals surface area contributed by atoms with Gasteiger partial charge < -0.3 is 14.5 Å². The first-order valence-electron chi connectivity index (χ1n) is 10.3. The summed E-state index contributed by atoms with van der Waals surface area (Å²) < 4.78 is 8.30. The fraction of sp³-hybridized carbons (Fsp3) is 0.409. The molecule has 3 aromatic rings. The van der Waals surface area contributed by atoms with E-state index < -0.39 is 5.60 Å². The fourth-order valence-corrected chi connectivity index (χ4v) is 5.17. The molecule has 1 spiro atoms. The first-order chi connectivity index (χ1) is 14.3. The van der Waals surface area contributed by atoms with Gasteiger partial charge in [0.05, 0.1) is 17.8 Å². The van der Waals surface area contributed by atoms with Gasteiger partial charge in [0.15, 0.2) is 5.60 Å². The summed E-state index contributed by atoms with van der Waals surface area (Å²) in [7, 11) is 0. The Bertz CT molecular complexity index is 1060. The standard InChI is InChI=1S/C22H23N5O2/c28-20-22(29-19-7-6-18(26(19)20)16-4-2-1-3-5-16)10-14-25(15-11-22)21-23-12-8-17-9-13-24-27(17)21/h1-5,8-9,12-13,18-19H,6-7,10-11,14-15H2/t18-,19+/m0/s1. The molecule has 0 N–H and O–H groups in total. The zero-order valence-electron chi connectivity index (χ0n) is 16.1. The van der Waals surface area contributed by atoms with Gasteiger partial charge in [0.2, 0.25) is 5.95 Å². The molecule has 0 aliphatic carbocycles. The van der Waals surface area contributed by atoms with Crippen LogP contribution in [0.4, 0.5) is 5.95 Å². The minimum Gasteiger partial charge on any atom is -0.342 e. The van der Waals surface area contributed by atoms with Gasteiger partial charge in [0, 0.05) is 32.1 Å². The summed E-state index contributed by atoms with van der Waals surface area (Å²) in [6, 6.07) is 14.4. The second-order valence-electron chi connectivity index (χ2n) is 8.18. The second kappa shape index (κ2) is 6.29. The van der Waals surface area contributed by atoms with Gasteiger partial charge in [-0.25, -0.2) is 9.50 Å². The van der Waals surface area contributed by atoms with Crippen molar-refractivity contribution >= 4 is 17.4 Å². The van der Waals surface area contributed by atoms with E-state index in [1.165, 1.54) is 5.56 Å². The van der Waals surface area contributed by atoms with Crippen LogP contribution in [-0.2, 0) is 9.53 Å². The first-order valence-corrected chi connectivity index (χ1v) is 10.3. The molecule has 0 bridgehead atoms.